The van der Waals surface area contributed by atoms with Gasteiger partial charge >= 0.3 is 0 Å². The molecule has 0 N–H and O–H groups in total. The zero-order chi connectivity index (χ0) is 6.97. The zero-order valence-electron chi connectivity index (χ0n) is 6.97. The van der Waals surface area contributed by atoms with Crippen LogP contribution in [0.2, 0.25) is 5.54 Å². The van der Waals surface area contributed by atoms with Crippen LogP contribution in [0.3, 0.4) is 0 Å². The van der Waals surface area contributed by atoms with Gasteiger partial charge < -0.3 is 0 Å². The summed E-state index contributed by atoms with van der Waals surface area (Å²) in [6, 6.07) is 0. The van der Waals surface area contributed by atoms with Crippen molar-refractivity contribution in [2.45, 2.75) is 44.1 Å². The van der Waals surface area contributed by atoms with Crippen molar-refractivity contribution in [3.05, 3.63) is 0 Å². The fourth-order valence-corrected chi connectivity index (χ4v) is 4.34. The quantitative estimate of drug-likeness (QED) is 0.466. The Labute approximate surface area is 66.8 Å². The lowest BCUT2D eigenvalue weighted by Crippen LogP contribution is -2.27. The first-order valence-corrected chi connectivity index (χ1v) is 6.03. The van der Waals surface area contributed by atoms with E-state index in [4.69, 9.17) is 0 Å². The summed E-state index contributed by atoms with van der Waals surface area (Å²) in [4.78, 5) is 0. The summed E-state index contributed by atoms with van der Waals surface area (Å²) in [5.41, 5.74) is 1.21. The van der Waals surface area contributed by atoms with Crippen molar-refractivity contribution in [2.24, 2.45) is 11.8 Å². The largest absolute Gasteiger partial charge is 0.0528 e. The summed E-state index contributed by atoms with van der Waals surface area (Å²) >= 11 is 0. The lowest BCUT2D eigenvalue weighted by atomic mass is 9.72. The van der Waals surface area contributed by atoms with Crippen molar-refractivity contribution in [1.29, 1.82) is 0 Å². The third-order valence-corrected chi connectivity index (χ3v) is 5.67. The third-order valence-electron chi connectivity index (χ3n) is 3.79. The van der Waals surface area contributed by atoms with E-state index in [0.29, 0.717) is 0 Å². The second kappa shape index (κ2) is 2.69. The van der Waals surface area contributed by atoms with Crippen molar-refractivity contribution in [3.63, 3.8) is 0 Å². The second-order valence-corrected chi connectivity index (χ2v) is 5.57. The highest BCUT2D eigenvalue weighted by Crippen LogP contribution is 2.46. The molecule has 0 atom stereocenters. The molecule has 2 saturated carbocycles. The predicted molar refractivity (Wildman–Crippen MR) is 48.4 cm³/mol. The average Bonchev–Trinajstić information content (AvgIpc) is 1.86. The minimum atomic E-state index is 1.18. The van der Waals surface area contributed by atoms with Gasteiger partial charge in [-0.25, -0.2) is 0 Å². The summed E-state index contributed by atoms with van der Waals surface area (Å²) in [6.45, 7) is 0. The number of hydrogen-bond donors (Lipinski definition) is 0. The minimum absolute atomic E-state index is 1.18. The average molecular weight is 154 g/mol. The lowest BCUT2D eigenvalue weighted by molar-refractivity contribution is 0.192. The van der Waals surface area contributed by atoms with Crippen LogP contribution < -0.4 is 0 Å². The number of rotatable bonds is 0. The smallest absolute Gasteiger partial charge is 0.00743 e. The van der Waals surface area contributed by atoms with E-state index >= 15 is 0 Å². The van der Waals surface area contributed by atoms with E-state index < -0.39 is 0 Å². The van der Waals surface area contributed by atoms with Gasteiger partial charge in [0.2, 0.25) is 0 Å². The van der Waals surface area contributed by atoms with Gasteiger partial charge in [-0.3, -0.25) is 0 Å². The van der Waals surface area contributed by atoms with E-state index in [1.165, 1.54) is 27.6 Å². The molecule has 0 aliphatic heterocycles. The standard InChI is InChI=1S/C9H18Si/c10-9-7-3-1-4-8(9)6-2-5-7/h7-9H,1-6H2,10H3. The van der Waals surface area contributed by atoms with Crippen LogP contribution in [0, 0.1) is 11.8 Å². The van der Waals surface area contributed by atoms with Gasteiger partial charge in [-0.05, 0) is 17.4 Å². The van der Waals surface area contributed by atoms with E-state index in [1.54, 1.807) is 38.5 Å². The molecule has 58 valence electrons. The van der Waals surface area contributed by atoms with E-state index in [1.807, 2.05) is 0 Å². The molecule has 0 aromatic rings. The molecule has 0 radical (unpaired) electrons. The molecule has 0 saturated heterocycles. The first-order valence-electron chi connectivity index (χ1n) is 4.88. The zero-order valence-corrected chi connectivity index (χ0v) is 8.97. The van der Waals surface area contributed by atoms with Gasteiger partial charge in [0.1, 0.15) is 0 Å². The molecule has 10 heavy (non-hydrogen) atoms. The summed E-state index contributed by atoms with van der Waals surface area (Å²) in [5, 5.41) is 0. The van der Waals surface area contributed by atoms with Gasteiger partial charge in [0.15, 0.2) is 0 Å². The van der Waals surface area contributed by atoms with Crippen LogP contribution in [0.4, 0.5) is 0 Å². The molecule has 0 heterocycles. The minimum Gasteiger partial charge on any atom is -0.0528 e. The Morgan fingerprint density at radius 2 is 1.20 bits per heavy atom. The van der Waals surface area contributed by atoms with Crippen LogP contribution in [0.5, 0.6) is 0 Å². The fraction of sp³-hybridized carbons (Fsp3) is 1.00. The van der Waals surface area contributed by atoms with Gasteiger partial charge in [0.25, 0.3) is 0 Å². The second-order valence-electron chi connectivity index (χ2n) is 4.24. The highest BCUT2D eigenvalue weighted by Gasteiger charge is 2.32. The Bertz CT molecular complexity index is 99.9. The molecule has 0 spiro atoms. The van der Waals surface area contributed by atoms with Crippen LogP contribution >= 0.6 is 0 Å². The van der Waals surface area contributed by atoms with Crippen molar-refractivity contribution in [1.82, 2.24) is 0 Å². The summed E-state index contributed by atoms with van der Waals surface area (Å²) in [7, 11) is 1.48. The van der Waals surface area contributed by atoms with Crippen molar-refractivity contribution in [3.8, 4) is 0 Å². The lowest BCUT2D eigenvalue weighted by Gasteiger charge is -2.40. The monoisotopic (exact) mass is 154 g/mol. The number of hydrogen-bond acceptors (Lipinski definition) is 0. The van der Waals surface area contributed by atoms with Crippen LogP contribution in [-0.4, -0.2) is 10.2 Å². The molecule has 2 aliphatic carbocycles. The summed E-state index contributed by atoms with van der Waals surface area (Å²) in [5.74, 6) is 2.36. The van der Waals surface area contributed by atoms with Crippen LogP contribution in [0.15, 0.2) is 0 Å². The molecule has 0 aromatic carbocycles. The summed E-state index contributed by atoms with van der Waals surface area (Å²) < 4.78 is 0. The molecular formula is C9H18Si. The molecule has 2 bridgehead atoms. The van der Waals surface area contributed by atoms with Crippen LogP contribution in [-0.2, 0) is 0 Å². The highest BCUT2D eigenvalue weighted by molar-refractivity contribution is 6.12. The maximum atomic E-state index is 1.57. The number of fused-ring (bicyclic) bond motifs is 2. The Hall–Kier alpha value is 0.217. The van der Waals surface area contributed by atoms with Crippen LogP contribution in [0.25, 0.3) is 0 Å². The molecule has 0 amide bonds. The van der Waals surface area contributed by atoms with Crippen LogP contribution in [0.1, 0.15) is 38.5 Å². The van der Waals surface area contributed by atoms with Crippen molar-refractivity contribution < 1.29 is 0 Å². The Morgan fingerprint density at radius 1 is 0.800 bits per heavy atom. The van der Waals surface area contributed by atoms with E-state index in [2.05, 4.69) is 0 Å². The van der Waals surface area contributed by atoms with E-state index in [0.717, 1.165) is 0 Å². The SMILES string of the molecule is [SiH3]C1C2CCCC1CCC2. The Morgan fingerprint density at radius 3 is 1.50 bits per heavy atom. The molecule has 1 heteroatoms. The third kappa shape index (κ3) is 1.05. The molecule has 0 unspecified atom stereocenters. The maximum Gasteiger partial charge on any atom is 0.00743 e. The molecule has 2 fully saturated rings. The molecule has 0 aromatic heterocycles. The van der Waals surface area contributed by atoms with Crippen molar-refractivity contribution in [2.75, 3.05) is 0 Å². The molecular weight excluding hydrogens is 136 g/mol. The maximum absolute atomic E-state index is 1.57. The van der Waals surface area contributed by atoms with Gasteiger partial charge in [-0.15, -0.1) is 0 Å². The molecule has 2 rings (SSSR count). The summed E-state index contributed by atoms with van der Waals surface area (Å²) in [6.07, 6.45) is 9.40. The molecule has 0 nitrogen and oxygen atoms in total. The van der Waals surface area contributed by atoms with E-state index in [-0.39, 0.29) is 0 Å². The predicted octanol–water partition coefficient (Wildman–Crippen LogP) is 1.74. The highest BCUT2D eigenvalue weighted by atomic mass is 28.1. The van der Waals surface area contributed by atoms with Gasteiger partial charge in [0, 0.05) is 10.2 Å². The van der Waals surface area contributed by atoms with Crippen molar-refractivity contribution >= 4 is 10.2 Å². The Kier molecular flexibility index (Phi) is 1.85. The first kappa shape index (κ1) is 6.90. The first-order chi connectivity index (χ1) is 4.88. The van der Waals surface area contributed by atoms with Gasteiger partial charge in [-0.1, -0.05) is 38.5 Å². The Balaban J connectivity index is 2.05. The topological polar surface area (TPSA) is 0 Å². The normalized spacial score (nSPS) is 47.4. The molecule has 2 aliphatic rings. The van der Waals surface area contributed by atoms with Gasteiger partial charge in [0.05, 0.1) is 0 Å². The fourth-order valence-electron chi connectivity index (χ4n) is 3.01. The van der Waals surface area contributed by atoms with Gasteiger partial charge in [-0.2, -0.15) is 0 Å². The van der Waals surface area contributed by atoms with E-state index in [9.17, 15) is 0 Å².